The van der Waals surface area contributed by atoms with Crippen molar-refractivity contribution in [2.45, 2.75) is 18.0 Å². The van der Waals surface area contributed by atoms with Crippen molar-refractivity contribution in [3.05, 3.63) is 66.4 Å². The highest BCUT2D eigenvalue weighted by Crippen LogP contribution is 2.31. The number of nitriles is 1. The minimum atomic E-state index is -4.58. The number of aromatic nitrogens is 4. The Bertz CT molecular complexity index is 1340. The van der Waals surface area contributed by atoms with Crippen LogP contribution in [-0.2, 0) is 17.0 Å². The average molecular weight is 441 g/mol. The topological polar surface area (TPSA) is 83.9 Å². The third-order valence-corrected chi connectivity index (χ3v) is 5.91. The van der Waals surface area contributed by atoms with Crippen LogP contribution in [0.3, 0.4) is 0 Å². The molecule has 1 atom stereocenters. The van der Waals surface area contributed by atoms with Gasteiger partial charge in [0.15, 0.2) is 0 Å². The fourth-order valence-corrected chi connectivity index (χ4v) is 3.96. The molecule has 156 valence electrons. The van der Waals surface area contributed by atoms with E-state index >= 15 is 0 Å². The van der Waals surface area contributed by atoms with Gasteiger partial charge in [0.05, 0.1) is 27.3 Å². The average Bonchev–Trinajstić information content (AvgIpc) is 3.21. The maximum Gasteiger partial charge on any atom is 0.433 e. The summed E-state index contributed by atoms with van der Waals surface area (Å²) in [7, 11) is -1.39. The lowest BCUT2D eigenvalue weighted by molar-refractivity contribution is -0.141. The molecular weight excluding hydrogens is 427 g/mol. The van der Waals surface area contributed by atoms with Crippen LogP contribution in [0.4, 0.5) is 13.2 Å². The Balaban J connectivity index is 1.82. The molecule has 0 saturated heterocycles. The summed E-state index contributed by atoms with van der Waals surface area (Å²) < 4.78 is 52.9. The third kappa shape index (κ3) is 4.04. The molecule has 3 heterocycles. The molecule has 0 aliphatic heterocycles. The summed E-state index contributed by atoms with van der Waals surface area (Å²) in [5.41, 5.74) is 1.65. The summed E-state index contributed by atoms with van der Waals surface area (Å²) in [6.07, 6.45) is -0.459. The Kier molecular flexibility index (Phi) is 5.29. The molecular formula is C21H14F3N5OS. The maximum absolute atomic E-state index is 12.9. The van der Waals surface area contributed by atoms with Gasteiger partial charge in [-0.2, -0.15) is 18.4 Å². The van der Waals surface area contributed by atoms with E-state index in [0.29, 0.717) is 33.2 Å². The molecule has 0 spiro atoms. The van der Waals surface area contributed by atoms with E-state index < -0.39 is 22.7 Å². The van der Waals surface area contributed by atoms with Gasteiger partial charge in [-0.05, 0) is 23.8 Å². The molecule has 0 radical (unpaired) electrons. The Morgan fingerprint density at radius 3 is 2.52 bits per heavy atom. The molecule has 0 aliphatic rings. The number of halogens is 3. The Labute approximate surface area is 177 Å². The highest BCUT2D eigenvalue weighted by Gasteiger charge is 2.33. The predicted molar refractivity (Wildman–Crippen MR) is 108 cm³/mol. The number of pyridine rings is 1. The van der Waals surface area contributed by atoms with E-state index in [9.17, 15) is 17.4 Å². The van der Waals surface area contributed by atoms with Crippen molar-refractivity contribution < 1.29 is 17.4 Å². The molecule has 31 heavy (non-hydrogen) atoms. The monoisotopic (exact) mass is 441 g/mol. The van der Waals surface area contributed by atoms with Crippen LogP contribution in [0.1, 0.15) is 18.2 Å². The van der Waals surface area contributed by atoms with Crippen molar-refractivity contribution in [1.82, 2.24) is 19.4 Å². The van der Waals surface area contributed by atoms with Crippen LogP contribution in [0, 0.1) is 11.3 Å². The standard InChI is InChI=1S/C21H14F3N5OS/c1-2-31(30)17-7-15(14-5-3-13(9-25)4-6-14)10-26-20(17)16-11-29-12-27-18(21(22,23)24)8-19(29)28-16/h3-8,10-12H,2H2,1H3. The highest BCUT2D eigenvalue weighted by molar-refractivity contribution is 7.85. The lowest BCUT2D eigenvalue weighted by Crippen LogP contribution is -2.08. The van der Waals surface area contributed by atoms with Gasteiger partial charge in [0.2, 0.25) is 0 Å². The first kappa shape index (κ1) is 20.7. The van der Waals surface area contributed by atoms with E-state index in [1.807, 2.05) is 0 Å². The van der Waals surface area contributed by atoms with Crippen molar-refractivity contribution in [1.29, 1.82) is 5.26 Å². The zero-order valence-corrected chi connectivity index (χ0v) is 16.9. The number of hydrogen-bond acceptors (Lipinski definition) is 5. The van der Waals surface area contributed by atoms with Crippen molar-refractivity contribution in [2.75, 3.05) is 5.75 Å². The van der Waals surface area contributed by atoms with E-state index in [4.69, 9.17) is 5.26 Å². The molecule has 1 unspecified atom stereocenters. The highest BCUT2D eigenvalue weighted by atomic mass is 32.2. The van der Waals surface area contributed by atoms with E-state index in [1.165, 1.54) is 10.6 Å². The second-order valence-corrected chi connectivity index (χ2v) is 8.27. The number of rotatable bonds is 4. The fraction of sp³-hybridized carbons (Fsp3) is 0.143. The lowest BCUT2D eigenvalue weighted by Gasteiger charge is -2.09. The molecule has 3 aromatic heterocycles. The molecule has 0 saturated carbocycles. The summed E-state index contributed by atoms with van der Waals surface area (Å²) in [6.45, 7) is 1.76. The molecule has 0 N–H and O–H groups in total. The van der Waals surface area contributed by atoms with Gasteiger partial charge in [-0.25, -0.2) is 9.97 Å². The lowest BCUT2D eigenvalue weighted by atomic mass is 10.1. The van der Waals surface area contributed by atoms with Crippen LogP contribution < -0.4 is 0 Å². The summed E-state index contributed by atoms with van der Waals surface area (Å²) in [6, 6.07) is 11.5. The van der Waals surface area contributed by atoms with Gasteiger partial charge in [0, 0.05) is 29.8 Å². The number of fused-ring (bicyclic) bond motifs is 1. The maximum atomic E-state index is 12.9. The second-order valence-electron chi connectivity index (χ2n) is 6.56. The Hall–Kier alpha value is -3.58. The van der Waals surface area contributed by atoms with Crippen LogP contribution in [-0.4, -0.2) is 29.3 Å². The number of imidazole rings is 1. The van der Waals surface area contributed by atoms with E-state index in [1.54, 1.807) is 43.5 Å². The first-order valence-corrected chi connectivity index (χ1v) is 10.4. The van der Waals surface area contributed by atoms with E-state index in [0.717, 1.165) is 18.0 Å². The number of alkyl halides is 3. The van der Waals surface area contributed by atoms with E-state index in [-0.39, 0.29) is 5.65 Å². The quantitative estimate of drug-likeness (QED) is 0.466. The molecule has 10 heteroatoms. The van der Waals surface area contributed by atoms with Gasteiger partial charge in [-0.15, -0.1) is 0 Å². The fourth-order valence-electron chi connectivity index (χ4n) is 3.02. The summed E-state index contributed by atoms with van der Waals surface area (Å²) in [5.74, 6) is 0.332. The molecule has 1 aromatic carbocycles. The van der Waals surface area contributed by atoms with Crippen LogP contribution in [0.25, 0.3) is 28.2 Å². The van der Waals surface area contributed by atoms with Gasteiger partial charge in [-0.3, -0.25) is 13.6 Å². The van der Waals surface area contributed by atoms with Crippen LogP contribution in [0.2, 0.25) is 0 Å². The third-order valence-electron chi connectivity index (χ3n) is 4.59. The molecule has 4 rings (SSSR count). The SMILES string of the molecule is CCS(=O)c1cc(-c2ccc(C#N)cc2)cnc1-c1cn2cnc(C(F)(F)F)cc2n1. The molecule has 0 aliphatic carbocycles. The van der Waals surface area contributed by atoms with Crippen LogP contribution in [0.5, 0.6) is 0 Å². The number of nitrogens with zero attached hydrogens (tertiary/aromatic N) is 5. The normalized spacial score (nSPS) is 12.6. The molecule has 6 nitrogen and oxygen atoms in total. The van der Waals surface area contributed by atoms with Gasteiger partial charge >= 0.3 is 6.18 Å². The zero-order valence-electron chi connectivity index (χ0n) is 16.1. The van der Waals surface area contributed by atoms with Crippen LogP contribution in [0.15, 0.2) is 60.0 Å². The first-order chi connectivity index (χ1) is 14.8. The molecule has 4 aromatic rings. The van der Waals surface area contributed by atoms with Crippen molar-refractivity contribution in [3.8, 4) is 28.6 Å². The van der Waals surface area contributed by atoms with E-state index in [2.05, 4.69) is 21.0 Å². The smallest absolute Gasteiger partial charge is 0.290 e. The molecule has 0 amide bonds. The molecule has 0 fully saturated rings. The number of hydrogen-bond donors (Lipinski definition) is 0. The second kappa shape index (κ2) is 7.92. The molecule has 0 bridgehead atoms. The van der Waals surface area contributed by atoms with Crippen molar-refractivity contribution in [2.24, 2.45) is 0 Å². The van der Waals surface area contributed by atoms with Gasteiger partial charge in [0.1, 0.15) is 29.1 Å². The first-order valence-electron chi connectivity index (χ1n) is 9.11. The Morgan fingerprint density at radius 2 is 1.87 bits per heavy atom. The van der Waals surface area contributed by atoms with Gasteiger partial charge in [-0.1, -0.05) is 19.1 Å². The number of benzene rings is 1. The zero-order chi connectivity index (χ0) is 22.2. The Morgan fingerprint density at radius 1 is 1.13 bits per heavy atom. The van der Waals surface area contributed by atoms with Gasteiger partial charge in [0.25, 0.3) is 0 Å². The minimum absolute atomic E-state index is 0.0588. The summed E-state index contributed by atoms with van der Waals surface area (Å²) in [4.78, 5) is 12.5. The van der Waals surface area contributed by atoms with Gasteiger partial charge < -0.3 is 0 Å². The summed E-state index contributed by atoms with van der Waals surface area (Å²) >= 11 is 0. The van der Waals surface area contributed by atoms with Crippen molar-refractivity contribution in [3.63, 3.8) is 0 Å². The largest absolute Gasteiger partial charge is 0.433 e. The van der Waals surface area contributed by atoms with Crippen LogP contribution >= 0.6 is 0 Å². The minimum Gasteiger partial charge on any atom is -0.290 e. The predicted octanol–water partition coefficient (Wildman–Crippen LogP) is 4.48. The van der Waals surface area contributed by atoms with Crippen molar-refractivity contribution >= 4 is 16.4 Å². The summed E-state index contributed by atoms with van der Waals surface area (Å²) in [5, 5.41) is 8.95.